The average Bonchev–Trinajstić information content (AvgIpc) is 3.22. The predicted molar refractivity (Wildman–Crippen MR) is 147 cm³/mol. The lowest BCUT2D eigenvalue weighted by atomic mass is 10.1. The van der Waals surface area contributed by atoms with E-state index in [0.29, 0.717) is 16.9 Å². The van der Waals surface area contributed by atoms with Crippen molar-refractivity contribution in [2.24, 2.45) is 4.99 Å². The van der Waals surface area contributed by atoms with Crippen LogP contribution in [0.4, 0.5) is 0 Å². The monoisotopic (exact) mass is 570 g/mol. The lowest BCUT2D eigenvalue weighted by Gasteiger charge is -2.17. The Morgan fingerprint density at radius 1 is 1.00 bits per heavy atom. The van der Waals surface area contributed by atoms with Crippen LogP contribution in [0.15, 0.2) is 88.8 Å². The minimum atomic E-state index is 0.168. The molecular formula is C27H27IN2O2S. The summed E-state index contributed by atoms with van der Waals surface area (Å²) in [5, 5.41) is 11.3. The summed E-state index contributed by atoms with van der Waals surface area (Å²) in [7, 11) is 0. The van der Waals surface area contributed by atoms with Gasteiger partial charge in [-0.25, -0.2) is 0 Å². The maximum atomic E-state index is 10.2. The highest BCUT2D eigenvalue weighted by molar-refractivity contribution is 14.1. The molecule has 33 heavy (non-hydrogen) atoms. The molecule has 0 saturated carbocycles. The van der Waals surface area contributed by atoms with Gasteiger partial charge in [0.2, 0.25) is 0 Å². The number of amidine groups is 1. The van der Waals surface area contributed by atoms with Gasteiger partial charge in [0.05, 0.1) is 13.1 Å². The van der Waals surface area contributed by atoms with E-state index in [9.17, 15) is 5.11 Å². The van der Waals surface area contributed by atoms with Gasteiger partial charge in [-0.1, -0.05) is 78.5 Å². The fraction of sp³-hybridized carbons (Fsp3) is 0.222. The first kappa shape index (κ1) is 23.7. The Morgan fingerprint density at radius 2 is 1.73 bits per heavy atom. The van der Waals surface area contributed by atoms with Crippen LogP contribution in [0.5, 0.6) is 11.5 Å². The number of halogens is 1. The van der Waals surface area contributed by atoms with E-state index in [1.165, 1.54) is 16.0 Å². The minimum absolute atomic E-state index is 0.168. The molecule has 0 aromatic heterocycles. The first-order chi connectivity index (χ1) is 16.2. The normalized spacial score (nSPS) is 16.0. The van der Waals surface area contributed by atoms with Crippen molar-refractivity contribution in [3.8, 4) is 11.5 Å². The SMILES string of the molecule is Oc1cc(/C=C2/CN(CCCc3ccccc3)/C(=N/Cc3ccccc3)S2)ccc1OCI. The standard InChI is InChI=1S/C27H27IN2O2S/c28-20-32-26-14-13-23(17-25(26)31)16-24-19-30(15-7-12-21-8-3-1-4-9-21)27(33-24)29-18-22-10-5-2-6-11-22/h1-6,8-11,13-14,16-17,31H,7,12,15,18-20H2/b24-16-,29-27-. The van der Waals surface area contributed by atoms with Gasteiger partial charge in [0.25, 0.3) is 0 Å². The van der Waals surface area contributed by atoms with E-state index in [1.807, 2.05) is 18.2 Å². The molecule has 0 radical (unpaired) electrons. The first-order valence-electron chi connectivity index (χ1n) is 11.0. The number of aromatic hydroxyl groups is 1. The quantitative estimate of drug-likeness (QED) is 0.229. The second kappa shape index (κ2) is 12.1. The molecular weight excluding hydrogens is 543 g/mol. The van der Waals surface area contributed by atoms with Crippen LogP contribution in [0.1, 0.15) is 23.1 Å². The summed E-state index contributed by atoms with van der Waals surface area (Å²) in [6, 6.07) is 26.6. The summed E-state index contributed by atoms with van der Waals surface area (Å²) < 4.78 is 5.93. The molecule has 1 aliphatic heterocycles. The van der Waals surface area contributed by atoms with Gasteiger partial charge in [-0.2, -0.15) is 0 Å². The minimum Gasteiger partial charge on any atom is -0.504 e. The molecule has 0 bridgehead atoms. The van der Waals surface area contributed by atoms with Crippen LogP contribution in [0.3, 0.4) is 0 Å². The molecule has 0 aliphatic carbocycles. The lowest BCUT2D eigenvalue weighted by molar-refractivity contribution is 0.366. The zero-order valence-electron chi connectivity index (χ0n) is 18.4. The second-order valence-corrected chi connectivity index (χ2v) is 9.50. The van der Waals surface area contributed by atoms with Crippen LogP contribution in [-0.4, -0.2) is 32.9 Å². The molecule has 4 nitrogen and oxygen atoms in total. The second-order valence-electron chi connectivity index (χ2n) is 7.79. The summed E-state index contributed by atoms with van der Waals surface area (Å²) in [6.07, 6.45) is 4.26. The number of phenolic OH excluding ortho intramolecular Hbond substituents is 1. The summed E-state index contributed by atoms with van der Waals surface area (Å²) in [6.45, 7) is 2.47. The third-order valence-electron chi connectivity index (χ3n) is 5.34. The smallest absolute Gasteiger partial charge is 0.164 e. The zero-order chi connectivity index (χ0) is 22.9. The highest BCUT2D eigenvalue weighted by Crippen LogP contribution is 2.34. The van der Waals surface area contributed by atoms with Crippen LogP contribution in [0.2, 0.25) is 0 Å². The van der Waals surface area contributed by atoms with Crippen LogP contribution in [0.25, 0.3) is 6.08 Å². The molecule has 3 aromatic rings. The van der Waals surface area contributed by atoms with Gasteiger partial charge in [0, 0.05) is 11.4 Å². The fourth-order valence-electron chi connectivity index (χ4n) is 3.70. The van der Waals surface area contributed by atoms with Crippen LogP contribution >= 0.6 is 34.4 Å². The summed E-state index contributed by atoms with van der Waals surface area (Å²) in [5.41, 5.74) is 3.54. The third-order valence-corrected chi connectivity index (χ3v) is 6.73. The predicted octanol–water partition coefficient (Wildman–Crippen LogP) is 6.74. The van der Waals surface area contributed by atoms with Crippen molar-refractivity contribution in [2.75, 3.05) is 17.7 Å². The molecule has 0 spiro atoms. The summed E-state index contributed by atoms with van der Waals surface area (Å²) in [5.74, 6) is 0.681. The van der Waals surface area contributed by atoms with E-state index in [4.69, 9.17) is 9.73 Å². The molecule has 0 atom stereocenters. The first-order valence-corrected chi connectivity index (χ1v) is 13.3. The van der Waals surface area contributed by atoms with Crippen LogP contribution < -0.4 is 4.74 Å². The van der Waals surface area contributed by atoms with Gasteiger partial charge < -0.3 is 14.7 Å². The largest absolute Gasteiger partial charge is 0.504 e. The average molecular weight is 570 g/mol. The van der Waals surface area contributed by atoms with Gasteiger partial charge in [0.1, 0.15) is 4.61 Å². The number of benzene rings is 3. The van der Waals surface area contributed by atoms with Crippen LogP contribution in [-0.2, 0) is 13.0 Å². The molecule has 3 aromatic carbocycles. The van der Waals surface area contributed by atoms with Crippen molar-refractivity contribution >= 4 is 45.6 Å². The number of thioether (sulfide) groups is 1. The summed E-state index contributed by atoms with van der Waals surface area (Å²) in [4.78, 5) is 8.54. The number of aliphatic imine (C=N–C) groups is 1. The van der Waals surface area contributed by atoms with Crippen molar-refractivity contribution in [3.05, 3.63) is 100 Å². The molecule has 1 heterocycles. The van der Waals surface area contributed by atoms with E-state index < -0.39 is 0 Å². The fourth-order valence-corrected chi connectivity index (χ4v) is 5.10. The number of phenols is 1. The van der Waals surface area contributed by atoms with E-state index in [1.54, 1.807) is 17.8 Å². The Labute approximate surface area is 213 Å². The van der Waals surface area contributed by atoms with E-state index in [0.717, 1.165) is 36.7 Å². The van der Waals surface area contributed by atoms with E-state index in [-0.39, 0.29) is 5.75 Å². The maximum Gasteiger partial charge on any atom is 0.164 e. The highest BCUT2D eigenvalue weighted by atomic mass is 127. The third kappa shape index (κ3) is 7.01. The molecule has 4 rings (SSSR count). The van der Waals surface area contributed by atoms with Gasteiger partial charge >= 0.3 is 0 Å². The zero-order valence-corrected chi connectivity index (χ0v) is 21.3. The number of alkyl halides is 1. The van der Waals surface area contributed by atoms with Gasteiger partial charge in [-0.3, -0.25) is 4.99 Å². The molecule has 1 aliphatic rings. The lowest BCUT2D eigenvalue weighted by Crippen LogP contribution is -2.25. The topological polar surface area (TPSA) is 45.1 Å². The number of aryl methyl sites for hydroxylation is 1. The Balaban J connectivity index is 1.47. The van der Waals surface area contributed by atoms with Gasteiger partial charge in [-0.15, -0.1) is 0 Å². The maximum absolute atomic E-state index is 10.2. The van der Waals surface area contributed by atoms with Crippen molar-refractivity contribution in [1.29, 1.82) is 0 Å². The molecule has 1 N–H and O–H groups in total. The molecule has 6 heteroatoms. The Kier molecular flexibility index (Phi) is 8.72. The van der Waals surface area contributed by atoms with Crippen molar-refractivity contribution in [1.82, 2.24) is 4.90 Å². The number of hydrogen-bond donors (Lipinski definition) is 1. The van der Waals surface area contributed by atoms with E-state index in [2.05, 4.69) is 88.2 Å². The highest BCUT2D eigenvalue weighted by Gasteiger charge is 2.23. The number of nitrogens with zero attached hydrogens (tertiary/aromatic N) is 2. The number of rotatable bonds is 9. The Bertz CT molecular complexity index is 1100. The van der Waals surface area contributed by atoms with Crippen LogP contribution in [0, 0.1) is 0 Å². The van der Waals surface area contributed by atoms with Crippen molar-refractivity contribution < 1.29 is 9.84 Å². The van der Waals surface area contributed by atoms with Crippen molar-refractivity contribution in [3.63, 3.8) is 0 Å². The number of ether oxygens (including phenoxy) is 1. The summed E-state index contributed by atoms with van der Waals surface area (Å²) >= 11 is 3.84. The Hall–Kier alpha value is -2.45. The molecule has 1 saturated heterocycles. The molecule has 0 amide bonds. The van der Waals surface area contributed by atoms with Gasteiger partial charge in [0.15, 0.2) is 16.7 Å². The molecule has 1 fully saturated rings. The number of hydrogen-bond acceptors (Lipinski definition) is 4. The molecule has 170 valence electrons. The van der Waals surface area contributed by atoms with Crippen molar-refractivity contribution in [2.45, 2.75) is 19.4 Å². The van der Waals surface area contributed by atoms with Gasteiger partial charge in [-0.05, 0) is 70.3 Å². The Morgan fingerprint density at radius 3 is 2.42 bits per heavy atom. The van der Waals surface area contributed by atoms with E-state index >= 15 is 0 Å². The molecule has 0 unspecified atom stereocenters.